The quantitative estimate of drug-likeness (QED) is 0.118. The number of likely N-dealkylation sites (tertiary alicyclic amines) is 2. The number of nitrogens with zero attached hydrogens (tertiary/aromatic N) is 4. The molecule has 1 spiro atoms. The van der Waals surface area contributed by atoms with Crippen LogP contribution in [0.15, 0.2) is 24.4 Å². The minimum atomic E-state index is -0.691. The number of carbonyl (C=O) groups is 4. The average molecular weight is 827 g/mol. The number of hydrogen-bond donors (Lipinski definition) is 4. The van der Waals surface area contributed by atoms with Crippen molar-refractivity contribution < 1.29 is 28.7 Å². The number of nitrogens with one attached hydrogen (secondary N) is 4. The van der Waals surface area contributed by atoms with Crippen molar-refractivity contribution in [1.29, 1.82) is 0 Å². The molecule has 0 unspecified atom stereocenters. The van der Waals surface area contributed by atoms with E-state index in [0.717, 1.165) is 78.9 Å². The van der Waals surface area contributed by atoms with Crippen LogP contribution in [0, 0.1) is 17.3 Å². The molecule has 316 valence electrons. The Labute approximate surface area is 349 Å². The number of rotatable bonds is 11. The number of aromatic nitrogens is 4. The first-order valence-corrected chi connectivity index (χ1v) is 22.3. The third-order valence-corrected chi connectivity index (χ3v) is 14.9. The fraction of sp³-hybridized carbons (Fsp3) is 0.591. The van der Waals surface area contributed by atoms with Gasteiger partial charge < -0.3 is 39.9 Å². The minimum Gasteiger partial charge on any atom is -0.453 e. The van der Waals surface area contributed by atoms with Crippen LogP contribution >= 0.6 is 11.3 Å². The highest BCUT2D eigenvalue weighted by Crippen LogP contribution is 2.56. The summed E-state index contributed by atoms with van der Waals surface area (Å²) in [7, 11) is 2.62. The van der Waals surface area contributed by atoms with Crippen LogP contribution in [0.1, 0.15) is 120 Å². The fourth-order valence-corrected chi connectivity index (χ4v) is 11.4. The first kappa shape index (κ1) is 40.8. The second-order valence-electron chi connectivity index (χ2n) is 17.6. The number of hydrogen-bond acceptors (Lipinski definition) is 9. The van der Waals surface area contributed by atoms with Crippen molar-refractivity contribution in [2.45, 2.75) is 122 Å². The van der Waals surface area contributed by atoms with E-state index in [9.17, 15) is 19.2 Å². The number of imidazole rings is 2. The summed E-state index contributed by atoms with van der Waals surface area (Å²) in [6.45, 7) is 9.04. The molecule has 4 N–H and O–H groups in total. The van der Waals surface area contributed by atoms with Gasteiger partial charge in [0.2, 0.25) is 11.8 Å². The molecule has 4 aliphatic rings. The number of methoxy groups -OCH3 is 2. The van der Waals surface area contributed by atoms with Gasteiger partial charge >= 0.3 is 12.2 Å². The van der Waals surface area contributed by atoms with Crippen LogP contribution in [0.4, 0.5) is 9.59 Å². The van der Waals surface area contributed by atoms with Gasteiger partial charge in [0.05, 0.1) is 54.1 Å². The third-order valence-electron chi connectivity index (χ3n) is 13.5. The number of thiophene rings is 1. The highest BCUT2D eigenvalue weighted by atomic mass is 32.1. The number of H-pyrrole nitrogens is 2. The largest absolute Gasteiger partial charge is 0.453 e. The van der Waals surface area contributed by atoms with E-state index in [4.69, 9.17) is 19.4 Å². The summed E-state index contributed by atoms with van der Waals surface area (Å²) >= 11 is 1.81. The first-order valence-electron chi connectivity index (χ1n) is 21.4. The maximum atomic E-state index is 14.0. The lowest BCUT2D eigenvalue weighted by Gasteiger charge is -2.30. The van der Waals surface area contributed by atoms with Gasteiger partial charge in [-0.25, -0.2) is 19.6 Å². The molecule has 5 heterocycles. The van der Waals surface area contributed by atoms with Crippen molar-refractivity contribution in [1.82, 2.24) is 40.4 Å². The molecular formula is C44H58N8O6S. The SMILES string of the molecule is CC[C@H](C)[C@H](NC(=O)OC)C(=O)N1CCC[C@H]1c1nc2ccc(-c3sc(-c4cnc([C@@H]5CCCN5C(=O)[C@H](NC(=O)OC)C(C)C)[nH]4)c4c3CC3(CCCC3)C4)cc2[nH]1. The Kier molecular flexibility index (Phi) is 11.5. The Morgan fingerprint density at radius 1 is 0.847 bits per heavy atom. The topological polar surface area (TPSA) is 175 Å². The molecule has 2 aliphatic heterocycles. The van der Waals surface area contributed by atoms with Crippen molar-refractivity contribution in [3.8, 4) is 21.0 Å². The summed E-state index contributed by atoms with van der Waals surface area (Å²) < 4.78 is 9.69. The molecular weight excluding hydrogens is 769 g/mol. The van der Waals surface area contributed by atoms with Crippen LogP contribution in [0.3, 0.4) is 0 Å². The van der Waals surface area contributed by atoms with Crippen LogP contribution in [0.2, 0.25) is 0 Å². The van der Waals surface area contributed by atoms with Crippen molar-refractivity contribution in [3.05, 3.63) is 47.2 Å². The lowest BCUT2D eigenvalue weighted by Crippen LogP contribution is -2.51. The molecule has 3 fully saturated rings. The van der Waals surface area contributed by atoms with Crippen molar-refractivity contribution in [2.75, 3.05) is 27.3 Å². The molecule has 4 aromatic rings. The Hall–Kier alpha value is -4.92. The first-order chi connectivity index (χ1) is 28.4. The number of amides is 4. The monoisotopic (exact) mass is 826 g/mol. The van der Waals surface area contributed by atoms with Crippen LogP contribution in [0.25, 0.3) is 32.0 Å². The molecule has 8 rings (SSSR count). The van der Waals surface area contributed by atoms with Crippen LogP contribution in [0.5, 0.6) is 0 Å². The van der Waals surface area contributed by atoms with E-state index in [-0.39, 0.29) is 41.1 Å². The number of carbonyl (C=O) groups excluding carboxylic acids is 4. The maximum Gasteiger partial charge on any atom is 0.407 e. The summed E-state index contributed by atoms with van der Waals surface area (Å²) in [5, 5.41) is 5.53. The van der Waals surface area contributed by atoms with Gasteiger partial charge in [0, 0.05) is 18.0 Å². The van der Waals surface area contributed by atoms with E-state index in [2.05, 4.69) is 38.8 Å². The zero-order valence-electron chi connectivity index (χ0n) is 35.1. The number of ether oxygens (including phenoxy) is 2. The number of fused-ring (bicyclic) bond motifs is 2. The summed E-state index contributed by atoms with van der Waals surface area (Å²) in [6.07, 6.45) is 11.9. The Morgan fingerprint density at radius 2 is 1.46 bits per heavy atom. The normalized spacial score (nSPS) is 21.3. The summed E-state index contributed by atoms with van der Waals surface area (Å²) in [5.41, 5.74) is 7.02. The lowest BCUT2D eigenvalue weighted by atomic mass is 9.83. The summed E-state index contributed by atoms with van der Waals surface area (Å²) in [5.74, 6) is 1.13. The van der Waals surface area contributed by atoms with Gasteiger partial charge in [-0.15, -0.1) is 11.3 Å². The highest BCUT2D eigenvalue weighted by Gasteiger charge is 2.44. The molecule has 5 atom stereocenters. The van der Waals surface area contributed by atoms with Gasteiger partial charge in [-0.05, 0) is 97.4 Å². The third kappa shape index (κ3) is 7.70. The van der Waals surface area contributed by atoms with Gasteiger partial charge in [0.15, 0.2) is 0 Å². The number of benzene rings is 1. The summed E-state index contributed by atoms with van der Waals surface area (Å²) in [4.78, 5) is 75.6. The molecule has 15 heteroatoms. The Morgan fingerprint density at radius 3 is 2.08 bits per heavy atom. The standard InChI is InChI=1S/C44H58N8O6S/c1-7-25(4)35(50-43(56)58-6)41(54)52-19-11-13-33(52)39-46-29-15-14-26(20-30(29)47-39)36-27-21-44(16-8-9-17-44)22-28(27)37(59-36)31-23-45-38(48-31)32-12-10-18-51(32)40(53)34(24(2)3)49-42(55)57-5/h14-15,20,23-25,32-35H,7-13,16-19,21-22H2,1-6H3,(H,45,48)(H,46,47)(H,49,55)(H,50,56)/t25-,32-,33-,34+,35-/m0/s1. The van der Waals surface area contributed by atoms with Gasteiger partial charge in [0.25, 0.3) is 0 Å². The van der Waals surface area contributed by atoms with Gasteiger partial charge in [-0.2, -0.15) is 0 Å². The molecule has 14 nitrogen and oxygen atoms in total. The molecule has 4 amide bonds. The van der Waals surface area contributed by atoms with E-state index in [1.165, 1.54) is 60.8 Å². The average Bonchev–Trinajstić information content (AvgIpc) is 4.09. The molecule has 59 heavy (non-hydrogen) atoms. The number of aromatic amines is 2. The van der Waals surface area contributed by atoms with E-state index >= 15 is 0 Å². The molecule has 1 saturated carbocycles. The molecule has 3 aromatic heterocycles. The van der Waals surface area contributed by atoms with Gasteiger partial charge in [0.1, 0.15) is 23.7 Å². The Balaban J connectivity index is 1.09. The predicted octanol–water partition coefficient (Wildman–Crippen LogP) is 7.82. The second kappa shape index (κ2) is 16.6. The van der Waals surface area contributed by atoms with Crippen molar-refractivity contribution >= 4 is 46.4 Å². The van der Waals surface area contributed by atoms with Crippen LogP contribution in [-0.2, 0) is 31.9 Å². The molecule has 0 bridgehead atoms. The van der Waals surface area contributed by atoms with Crippen LogP contribution in [-0.4, -0.2) is 93.1 Å². The minimum absolute atomic E-state index is 0.0591. The maximum absolute atomic E-state index is 14.0. The van der Waals surface area contributed by atoms with E-state index in [1.54, 1.807) is 11.3 Å². The van der Waals surface area contributed by atoms with E-state index < -0.39 is 24.3 Å². The molecule has 0 radical (unpaired) electrons. The van der Waals surface area contributed by atoms with Crippen LogP contribution < -0.4 is 10.6 Å². The molecule has 2 aliphatic carbocycles. The zero-order chi connectivity index (χ0) is 41.6. The predicted molar refractivity (Wildman–Crippen MR) is 226 cm³/mol. The molecule has 2 saturated heterocycles. The van der Waals surface area contributed by atoms with Gasteiger partial charge in [-0.3, -0.25) is 9.59 Å². The smallest absolute Gasteiger partial charge is 0.407 e. The lowest BCUT2D eigenvalue weighted by molar-refractivity contribution is -0.136. The summed E-state index contributed by atoms with van der Waals surface area (Å²) in [6, 6.07) is 4.66. The highest BCUT2D eigenvalue weighted by molar-refractivity contribution is 7.19. The zero-order valence-corrected chi connectivity index (χ0v) is 35.9. The van der Waals surface area contributed by atoms with E-state index in [0.29, 0.717) is 13.1 Å². The number of alkyl carbamates (subject to hydrolysis) is 2. The Bertz CT molecular complexity index is 2220. The second-order valence-corrected chi connectivity index (χ2v) is 18.6. The fourth-order valence-electron chi connectivity index (χ4n) is 10.1. The van der Waals surface area contributed by atoms with E-state index in [1.807, 2.05) is 43.7 Å². The van der Waals surface area contributed by atoms with Crippen molar-refractivity contribution in [3.63, 3.8) is 0 Å². The molecule has 1 aromatic carbocycles. The van der Waals surface area contributed by atoms with Crippen molar-refractivity contribution in [2.24, 2.45) is 17.3 Å². The van der Waals surface area contributed by atoms with Gasteiger partial charge in [-0.1, -0.05) is 53.0 Å².